The number of carbonyl (C=O) groups excluding carboxylic acids is 1. The molecule has 84 valence electrons. The number of urea groups is 1. The molecule has 0 aliphatic carbocycles. The Balaban J connectivity index is 2.47. The van der Waals surface area contributed by atoms with Crippen LogP contribution in [0, 0.1) is 0 Å². The molecule has 1 aromatic carbocycles. The van der Waals surface area contributed by atoms with Crippen molar-refractivity contribution in [2.24, 2.45) is 5.10 Å². The van der Waals surface area contributed by atoms with E-state index in [4.69, 9.17) is 0 Å². The highest BCUT2D eigenvalue weighted by Crippen LogP contribution is 2.26. The van der Waals surface area contributed by atoms with Crippen LogP contribution in [-0.2, 0) is 5.72 Å². The maximum Gasteiger partial charge on any atom is 0.342 e. The minimum Gasteiger partial charge on any atom is -0.362 e. The van der Waals surface area contributed by atoms with Crippen LogP contribution in [0.4, 0.5) is 4.79 Å². The van der Waals surface area contributed by atoms with Crippen LogP contribution in [0.25, 0.3) is 0 Å². The minimum atomic E-state index is -1.47. The number of hydrazone groups is 1. The molecule has 0 saturated heterocycles. The molecular weight excluding hydrogens is 206 g/mol. The van der Waals surface area contributed by atoms with Gasteiger partial charge in [-0.2, -0.15) is 5.10 Å². The van der Waals surface area contributed by atoms with Crippen LogP contribution in [0.1, 0.15) is 5.56 Å². The molecule has 5 nitrogen and oxygen atoms in total. The summed E-state index contributed by atoms with van der Waals surface area (Å²) in [6, 6.07) is 8.60. The van der Waals surface area contributed by atoms with Gasteiger partial charge in [0.2, 0.25) is 5.72 Å². The van der Waals surface area contributed by atoms with E-state index in [0.717, 1.165) is 0 Å². The van der Waals surface area contributed by atoms with Gasteiger partial charge in [0.05, 0.1) is 6.21 Å². The van der Waals surface area contributed by atoms with Crippen LogP contribution in [0.3, 0.4) is 0 Å². The highest BCUT2D eigenvalue weighted by atomic mass is 16.3. The first-order chi connectivity index (χ1) is 7.55. The first-order valence-electron chi connectivity index (χ1n) is 4.90. The van der Waals surface area contributed by atoms with E-state index in [1.54, 1.807) is 31.3 Å². The summed E-state index contributed by atoms with van der Waals surface area (Å²) in [6.45, 7) is 0. The molecule has 1 unspecified atom stereocenters. The van der Waals surface area contributed by atoms with Crippen molar-refractivity contribution in [1.82, 2.24) is 9.91 Å². The zero-order valence-corrected chi connectivity index (χ0v) is 9.16. The Kier molecular flexibility index (Phi) is 2.40. The Morgan fingerprint density at radius 2 is 1.88 bits per heavy atom. The van der Waals surface area contributed by atoms with Crippen LogP contribution in [0.5, 0.6) is 0 Å². The van der Waals surface area contributed by atoms with Gasteiger partial charge in [0.1, 0.15) is 0 Å². The molecule has 2 rings (SSSR count). The molecule has 1 N–H and O–H groups in total. The van der Waals surface area contributed by atoms with Crippen molar-refractivity contribution < 1.29 is 9.90 Å². The Bertz CT molecular complexity index is 432. The second-order valence-electron chi connectivity index (χ2n) is 3.70. The van der Waals surface area contributed by atoms with Crippen LogP contribution >= 0.6 is 0 Å². The molecule has 16 heavy (non-hydrogen) atoms. The maximum atomic E-state index is 11.7. The largest absolute Gasteiger partial charge is 0.362 e. The first kappa shape index (κ1) is 10.6. The highest BCUT2D eigenvalue weighted by molar-refractivity contribution is 5.85. The molecule has 5 heteroatoms. The summed E-state index contributed by atoms with van der Waals surface area (Å²) in [7, 11) is 3.08. The fraction of sp³-hybridized carbons (Fsp3) is 0.273. The lowest BCUT2D eigenvalue weighted by atomic mass is 10.0. The van der Waals surface area contributed by atoms with Gasteiger partial charge in [0.15, 0.2) is 0 Å². The second kappa shape index (κ2) is 3.61. The summed E-state index contributed by atoms with van der Waals surface area (Å²) in [6.07, 6.45) is 1.35. The van der Waals surface area contributed by atoms with E-state index in [0.29, 0.717) is 5.56 Å². The normalized spacial score (nSPS) is 25.1. The zero-order valence-electron chi connectivity index (χ0n) is 9.16. The van der Waals surface area contributed by atoms with Crippen molar-refractivity contribution in [3.8, 4) is 0 Å². The average Bonchev–Trinajstić information content (AvgIpc) is 2.33. The van der Waals surface area contributed by atoms with Gasteiger partial charge in [-0.3, -0.25) is 4.90 Å². The first-order valence-corrected chi connectivity index (χ1v) is 4.90. The van der Waals surface area contributed by atoms with E-state index in [-0.39, 0.29) is 6.03 Å². The standard InChI is InChI=1S/C11H13N3O2/c1-13-10(15)14(2)12-8-11(13,16)9-6-4-3-5-7-9/h3-8,16H,1-2H3. The monoisotopic (exact) mass is 219 g/mol. The number of hydrogen-bond acceptors (Lipinski definition) is 3. The van der Waals surface area contributed by atoms with E-state index >= 15 is 0 Å². The fourth-order valence-corrected chi connectivity index (χ4v) is 1.62. The summed E-state index contributed by atoms with van der Waals surface area (Å²) in [5.41, 5.74) is -0.854. The van der Waals surface area contributed by atoms with Gasteiger partial charge < -0.3 is 5.11 Å². The minimum absolute atomic E-state index is 0.353. The third-order valence-electron chi connectivity index (χ3n) is 2.68. The number of nitrogens with zero attached hydrogens (tertiary/aromatic N) is 3. The lowest BCUT2D eigenvalue weighted by molar-refractivity contribution is -0.0252. The molecule has 2 amide bonds. The van der Waals surface area contributed by atoms with Gasteiger partial charge in [-0.25, -0.2) is 9.80 Å². The Morgan fingerprint density at radius 3 is 2.50 bits per heavy atom. The molecule has 1 aliphatic heterocycles. The molecule has 1 atom stereocenters. The van der Waals surface area contributed by atoms with E-state index in [1.807, 2.05) is 6.07 Å². The second-order valence-corrected chi connectivity index (χ2v) is 3.70. The summed E-state index contributed by atoms with van der Waals surface area (Å²) in [5, 5.41) is 15.5. The van der Waals surface area contributed by atoms with Crippen LogP contribution < -0.4 is 0 Å². The number of amides is 2. The Labute approximate surface area is 93.6 Å². The molecule has 0 radical (unpaired) electrons. The number of carbonyl (C=O) groups is 1. The van der Waals surface area contributed by atoms with Crippen molar-refractivity contribution in [1.29, 1.82) is 0 Å². The Morgan fingerprint density at radius 1 is 1.25 bits per heavy atom. The van der Waals surface area contributed by atoms with E-state index < -0.39 is 5.72 Å². The summed E-state index contributed by atoms with van der Waals surface area (Å²) < 4.78 is 0. The van der Waals surface area contributed by atoms with Crippen molar-refractivity contribution >= 4 is 12.2 Å². The zero-order chi connectivity index (χ0) is 11.8. The molecule has 0 aromatic heterocycles. The predicted octanol–water partition coefficient (Wildman–Crippen LogP) is 0.815. The van der Waals surface area contributed by atoms with E-state index in [9.17, 15) is 9.90 Å². The van der Waals surface area contributed by atoms with Crippen molar-refractivity contribution in [3.05, 3.63) is 35.9 Å². The number of aliphatic hydroxyl groups is 1. The van der Waals surface area contributed by atoms with Crippen LogP contribution in [0.15, 0.2) is 35.4 Å². The van der Waals surface area contributed by atoms with Gasteiger partial charge in [0, 0.05) is 19.7 Å². The van der Waals surface area contributed by atoms with Crippen molar-refractivity contribution in [3.63, 3.8) is 0 Å². The highest BCUT2D eigenvalue weighted by Gasteiger charge is 2.40. The van der Waals surface area contributed by atoms with Crippen molar-refractivity contribution in [2.45, 2.75) is 5.72 Å². The number of hydrogen-bond donors (Lipinski definition) is 1. The van der Waals surface area contributed by atoms with Gasteiger partial charge in [-0.1, -0.05) is 30.3 Å². The molecule has 1 heterocycles. The van der Waals surface area contributed by atoms with E-state index in [2.05, 4.69) is 5.10 Å². The smallest absolute Gasteiger partial charge is 0.342 e. The number of benzene rings is 1. The van der Waals surface area contributed by atoms with Gasteiger partial charge in [-0.05, 0) is 0 Å². The van der Waals surface area contributed by atoms with Crippen LogP contribution in [0.2, 0.25) is 0 Å². The summed E-state index contributed by atoms with van der Waals surface area (Å²) in [4.78, 5) is 12.9. The Hall–Kier alpha value is -1.88. The number of rotatable bonds is 1. The van der Waals surface area contributed by atoms with E-state index in [1.165, 1.54) is 23.2 Å². The summed E-state index contributed by atoms with van der Waals surface area (Å²) >= 11 is 0. The maximum absolute atomic E-state index is 11.7. The molecule has 0 fully saturated rings. The van der Waals surface area contributed by atoms with Gasteiger partial charge >= 0.3 is 6.03 Å². The van der Waals surface area contributed by atoms with Crippen LogP contribution in [-0.4, -0.2) is 41.4 Å². The lowest BCUT2D eigenvalue weighted by Gasteiger charge is -2.38. The molecule has 0 bridgehead atoms. The third kappa shape index (κ3) is 1.45. The quantitative estimate of drug-likeness (QED) is 0.760. The molecule has 0 spiro atoms. The SMILES string of the molecule is CN1N=CC(O)(c2ccccc2)N(C)C1=O. The molecule has 1 aliphatic rings. The molecule has 0 saturated carbocycles. The predicted molar refractivity (Wildman–Crippen MR) is 59.8 cm³/mol. The lowest BCUT2D eigenvalue weighted by Crippen LogP contribution is -2.55. The van der Waals surface area contributed by atoms with Gasteiger partial charge in [-0.15, -0.1) is 0 Å². The third-order valence-corrected chi connectivity index (χ3v) is 2.68. The topological polar surface area (TPSA) is 56.1 Å². The molecular formula is C11H13N3O2. The van der Waals surface area contributed by atoms with Gasteiger partial charge in [0.25, 0.3) is 0 Å². The molecule has 1 aromatic rings. The van der Waals surface area contributed by atoms with Crippen molar-refractivity contribution in [2.75, 3.05) is 14.1 Å². The fourth-order valence-electron chi connectivity index (χ4n) is 1.62. The average molecular weight is 219 g/mol. The summed E-state index contributed by atoms with van der Waals surface area (Å²) in [5.74, 6) is 0.